The van der Waals surface area contributed by atoms with Gasteiger partial charge in [0.1, 0.15) is 0 Å². The van der Waals surface area contributed by atoms with E-state index in [-0.39, 0.29) is 12.1 Å². The van der Waals surface area contributed by atoms with Crippen molar-refractivity contribution in [2.45, 2.75) is 13.5 Å². The molecule has 0 aliphatic heterocycles. The van der Waals surface area contributed by atoms with Gasteiger partial charge in [0.15, 0.2) is 5.52 Å². The zero-order valence-corrected chi connectivity index (χ0v) is 12.4. The Kier molecular flexibility index (Phi) is 3.53. The lowest BCUT2D eigenvalue weighted by Gasteiger charge is -2.06. The maximum atomic E-state index is 12.2. The van der Waals surface area contributed by atoms with Crippen molar-refractivity contribution in [3.8, 4) is 11.1 Å². The Morgan fingerprint density at radius 1 is 1.26 bits per heavy atom. The second-order valence-electron chi connectivity index (χ2n) is 5.04. The summed E-state index contributed by atoms with van der Waals surface area (Å²) in [5, 5.41) is 0. The molecule has 3 rings (SSSR count). The number of hydrogen-bond donors (Lipinski definition) is 2. The number of nitrogens with zero attached hydrogens (tertiary/aromatic N) is 2. The van der Waals surface area contributed by atoms with Gasteiger partial charge in [-0.25, -0.2) is 9.78 Å². The Hall–Kier alpha value is -3.22. The van der Waals surface area contributed by atoms with Gasteiger partial charge in [0.2, 0.25) is 5.91 Å². The van der Waals surface area contributed by atoms with Crippen LogP contribution in [0.25, 0.3) is 22.2 Å². The number of fused-ring (bicyclic) bond motifs is 1. The Morgan fingerprint density at radius 2 is 2.04 bits per heavy atom. The number of H-pyrrole nitrogens is 1. The van der Waals surface area contributed by atoms with E-state index in [1.54, 1.807) is 37.3 Å². The maximum absolute atomic E-state index is 12.2. The number of primary amides is 1. The standard InChI is InChI=1S/C16H14N4O3/c1-2-20-15(22)13-12(19-16(20)23)7-11(8-18-13)9-4-3-5-10(6-9)14(17)21/h3-8H,2H2,1H3,(H2,17,21)(H,19,23). The molecule has 0 radical (unpaired) electrons. The molecule has 116 valence electrons. The third-order valence-electron chi connectivity index (χ3n) is 3.62. The van der Waals surface area contributed by atoms with Crippen LogP contribution in [0.15, 0.2) is 46.1 Å². The van der Waals surface area contributed by atoms with E-state index in [2.05, 4.69) is 9.97 Å². The molecule has 23 heavy (non-hydrogen) atoms. The third-order valence-corrected chi connectivity index (χ3v) is 3.62. The topological polar surface area (TPSA) is 111 Å². The highest BCUT2D eigenvalue weighted by molar-refractivity contribution is 5.94. The molecule has 0 fully saturated rings. The lowest BCUT2D eigenvalue weighted by molar-refractivity contribution is 0.100. The zero-order chi connectivity index (χ0) is 16.6. The minimum Gasteiger partial charge on any atom is -0.366 e. The molecule has 0 bridgehead atoms. The second-order valence-corrected chi connectivity index (χ2v) is 5.04. The van der Waals surface area contributed by atoms with E-state index in [4.69, 9.17) is 5.73 Å². The van der Waals surface area contributed by atoms with Crippen LogP contribution in [0.2, 0.25) is 0 Å². The van der Waals surface area contributed by atoms with Gasteiger partial charge in [-0.05, 0) is 30.7 Å². The summed E-state index contributed by atoms with van der Waals surface area (Å²) in [7, 11) is 0. The van der Waals surface area contributed by atoms with E-state index >= 15 is 0 Å². The van der Waals surface area contributed by atoms with Crippen LogP contribution in [0.4, 0.5) is 0 Å². The van der Waals surface area contributed by atoms with Gasteiger partial charge in [-0.15, -0.1) is 0 Å². The number of benzene rings is 1. The van der Waals surface area contributed by atoms with E-state index in [0.29, 0.717) is 16.6 Å². The minimum atomic E-state index is -0.528. The number of carbonyl (C=O) groups is 1. The van der Waals surface area contributed by atoms with E-state index in [9.17, 15) is 14.4 Å². The molecule has 0 atom stereocenters. The molecule has 7 nitrogen and oxygen atoms in total. The van der Waals surface area contributed by atoms with Crippen molar-refractivity contribution in [1.82, 2.24) is 14.5 Å². The Bertz CT molecular complexity index is 1030. The lowest BCUT2D eigenvalue weighted by atomic mass is 10.0. The quantitative estimate of drug-likeness (QED) is 0.747. The van der Waals surface area contributed by atoms with Crippen molar-refractivity contribution in [2.24, 2.45) is 5.73 Å². The number of rotatable bonds is 3. The van der Waals surface area contributed by atoms with Crippen molar-refractivity contribution in [1.29, 1.82) is 0 Å². The maximum Gasteiger partial charge on any atom is 0.328 e. The van der Waals surface area contributed by atoms with Gasteiger partial charge in [0.25, 0.3) is 5.56 Å². The summed E-state index contributed by atoms with van der Waals surface area (Å²) in [4.78, 5) is 42.2. The van der Waals surface area contributed by atoms with Gasteiger partial charge in [-0.2, -0.15) is 0 Å². The molecule has 0 aliphatic carbocycles. The first-order valence-electron chi connectivity index (χ1n) is 7.04. The molecule has 1 amide bonds. The number of nitrogens with two attached hydrogens (primary N) is 1. The summed E-state index contributed by atoms with van der Waals surface area (Å²) in [6.07, 6.45) is 1.53. The summed E-state index contributed by atoms with van der Waals surface area (Å²) in [5.74, 6) is -0.528. The van der Waals surface area contributed by atoms with E-state index in [1.807, 2.05) is 0 Å². The first kappa shape index (κ1) is 14.7. The smallest absolute Gasteiger partial charge is 0.328 e. The van der Waals surface area contributed by atoms with E-state index in [1.165, 1.54) is 6.20 Å². The monoisotopic (exact) mass is 310 g/mol. The molecule has 7 heteroatoms. The first-order valence-corrected chi connectivity index (χ1v) is 7.04. The molecule has 2 heterocycles. The lowest BCUT2D eigenvalue weighted by Crippen LogP contribution is -2.34. The van der Waals surface area contributed by atoms with Crippen molar-refractivity contribution in [3.05, 3.63) is 62.9 Å². The number of aromatic amines is 1. The Balaban J connectivity index is 2.22. The van der Waals surface area contributed by atoms with Gasteiger partial charge < -0.3 is 10.7 Å². The molecule has 3 aromatic rings. The number of hydrogen-bond acceptors (Lipinski definition) is 4. The molecular formula is C16H14N4O3. The van der Waals surface area contributed by atoms with Crippen LogP contribution < -0.4 is 17.0 Å². The van der Waals surface area contributed by atoms with Crippen molar-refractivity contribution in [2.75, 3.05) is 0 Å². The number of aromatic nitrogens is 3. The van der Waals surface area contributed by atoms with Crippen molar-refractivity contribution < 1.29 is 4.79 Å². The third kappa shape index (κ3) is 2.52. The van der Waals surface area contributed by atoms with Crippen LogP contribution in [0.5, 0.6) is 0 Å². The van der Waals surface area contributed by atoms with Crippen LogP contribution in [-0.4, -0.2) is 20.4 Å². The van der Waals surface area contributed by atoms with Crippen LogP contribution >= 0.6 is 0 Å². The SMILES string of the molecule is CCn1c(=O)[nH]c2cc(-c3cccc(C(N)=O)c3)cnc2c1=O. The predicted octanol–water partition coefficient (Wildman–Crippen LogP) is 0.871. The van der Waals surface area contributed by atoms with Gasteiger partial charge in [0, 0.05) is 23.9 Å². The number of amides is 1. The van der Waals surface area contributed by atoms with Gasteiger partial charge in [-0.1, -0.05) is 12.1 Å². The minimum absolute atomic E-state index is 0.196. The summed E-state index contributed by atoms with van der Waals surface area (Å²) >= 11 is 0. The molecule has 0 saturated carbocycles. The molecule has 0 aliphatic rings. The number of pyridine rings is 1. The Labute approximate surface area is 130 Å². The van der Waals surface area contributed by atoms with Gasteiger partial charge >= 0.3 is 5.69 Å². The molecule has 0 unspecified atom stereocenters. The fourth-order valence-corrected chi connectivity index (χ4v) is 2.43. The molecule has 3 N–H and O–H groups in total. The number of carbonyl (C=O) groups excluding carboxylic acids is 1. The van der Waals surface area contributed by atoms with Gasteiger partial charge in [-0.3, -0.25) is 14.2 Å². The largest absolute Gasteiger partial charge is 0.366 e. The van der Waals surface area contributed by atoms with Crippen LogP contribution in [-0.2, 0) is 6.54 Å². The zero-order valence-electron chi connectivity index (χ0n) is 12.4. The second kappa shape index (κ2) is 5.53. The molecule has 0 spiro atoms. The molecule has 2 aromatic heterocycles. The molecular weight excluding hydrogens is 296 g/mol. The van der Waals surface area contributed by atoms with Crippen LogP contribution in [0.1, 0.15) is 17.3 Å². The van der Waals surface area contributed by atoms with Crippen molar-refractivity contribution in [3.63, 3.8) is 0 Å². The highest BCUT2D eigenvalue weighted by Crippen LogP contribution is 2.21. The normalized spacial score (nSPS) is 10.8. The predicted molar refractivity (Wildman–Crippen MR) is 86.3 cm³/mol. The van der Waals surface area contributed by atoms with E-state index in [0.717, 1.165) is 10.1 Å². The van der Waals surface area contributed by atoms with Crippen LogP contribution in [0, 0.1) is 0 Å². The van der Waals surface area contributed by atoms with Crippen LogP contribution in [0.3, 0.4) is 0 Å². The fraction of sp³-hybridized carbons (Fsp3) is 0.125. The van der Waals surface area contributed by atoms with E-state index < -0.39 is 17.2 Å². The summed E-state index contributed by atoms with van der Waals surface area (Å²) in [6, 6.07) is 8.40. The fourth-order valence-electron chi connectivity index (χ4n) is 2.43. The van der Waals surface area contributed by atoms with Gasteiger partial charge in [0.05, 0.1) is 5.52 Å². The average Bonchev–Trinajstić information content (AvgIpc) is 2.54. The van der Waals surface area contributed by atoms with Crippen molar-refractivity contribution >= 4 is 16.9 Å². The Morgan fingerprint density at radius 3 is 2.74 bits per heavy atom. The number of nitrogens with one attached hydrogen (secondary N) is 1. The molecule has 1 aromatic carbocycles. The highest BCUT2D eigenvalue weighted by Gasteiger charge is 2.10. The highest BCUT2D eigenvalue weighted by atomic mass is 16.2. The first-order chi connectivity index (χ1) is 11.0. The summed E-state index contributed by atoms with van der Waals surface area (Å²) in [5.41, 5.74) is 6.68. The summed E-state index contributed by atoms with van der Waals surface area (Å²) in [6.45, 7) is 1.99. The average molecular weight is 310 g/mol. The molecule has 0 saturated heterocycles. The summed E-state index contributed by atoms with van der Waals surface area (Å²) < 4.78 is 1.09.